The monoisotopic (exact) mass is 266 g/mol. The molecule has 2 rings (SSSR count). The van der Waals surface area contributed by atoms with Crippen molar-refractivity contribution in [2.45, 2.75) is 32.1 Å². The van der Waals surface area contributed by atoms with E-state index in [2.05, 4.69) is 23.2 Å². The summed E-state index contributed by atoms with van der Waals surface area (Å²) in [6.45, 7) is 3.02. The molecule has 0 radical (unpaired) electrons. The molecule has 4 nitrogen and oxygen atoms in total. The van der Waals surface area contributed by atoms with Crippen LogP contribution in [-0.2, 0) is 0 Å². The number of anilines is 2. The highest BCUT2D eigenvalue weighted by Gasteiger charge is 2.28. The van der Waals surface area contributed by atoms with Gasteiger partial charge in [-0.1, -0.05) is 0 Å². The first-order valence-electron chi connectivity index (χ1n) is 6.47. The van der Waals surface area contributed by atoms with Crippen molar-refractivity contribution in [3.63, 3.8) is 0 Å². The van der Waals surface area contributed by atoms with E-state index in [1.807, 2.05) is 18.7 Å². The second-order valence-electron chi connectivity index (χ2n) is 4.96. The van der Waals surface area contributed by atoms with E-state index in [1.54, 1.807) is 0 Å². The fourth-order valence-electron chi connectivity index (χ4n) is 1.99. The summed E-state index contributed by atoms with van der Waals surface area (Å²) in [4.78, 5) is 11.3. The number of hydrogen-bond donors (Lipinski definition) is 1. The fraction of sp³-hybridized carbons (Fsp3) is 0.692. The van der Waals surface area contributed by atoms with Crippen LogP contribution in [0.15, 0.2) is 0 Å². The Morgan fingerprint density at radius 1 is 1.39 bits per heavy atom. The molecule has 2 N–H and O–H groups in total. The van der Waals surface area contributed by atoms with Gasteiger partial charge in [0.1, 0.15) is 17.5 Å². The van der Waals surface area contributed by atoms with Crippen molar-refractivity contribution in [3.05, 3.63) is 11.4 Å². The quantitative estimate of drug-likeness (QED) is 0.801. The Labute approximate surface area is 113 Å². The van der Waals surface area contributed by atoms with Crippen LogP contribution in [0, 0.1) is 6.92 Å². The molecule has 0 amide bonds. The van der Waals surface area contributed by atoms with Gasteiger partial charge in [-0.2, -0.15) is 11.8 Å². The largest absolute Gasteiger partial charge is 0.383 e. The van der Waals surface area contributed by atoms with Gasteiger partial charge in [-0.15, -0.1) is 0 Å². The van der Waals surface area contributed by atoms with Gasteiger partial charge in [-0.3, -0.25) is 0 Å². The maximum absolute atomic E-state index is 6.00. The first kappa shape index (κ1) is 13.5. The van der Waals surface area contributed by atoms with Crippen LogP contribution in [0.5, 0.6) is 0 Å². The van der Waals surface area contributed by atoms with E-state index in [4.69, 9.17) is 10.7 Å². The van der Waals surface area contributed by atoms with Gasteiger partial charge in [0.15, 0.2) is 0 Å². The molecule has 5 heteroatoms. The number of hydrogen-bond acceptors (Lipinski definition) is 5. The number of nitrogens with two attached hydrogens (primary N) is 1. The van der Waals surface area contributed by atoms with Crippen LogP contribution in [0.2, 0.25) is 0 Å². The Bertz CT molecular complexity index is 418. The minimum absolute atomic E-state index is 0.547. The lowest BCUT2D eigenvalue weighted by atomic mass is 10.2. The third kappa shape index (κ3) is 3.07. The highest BCUT2D eigenvalue weighted by atomic mass is 32.2. The van der Waals surface area contributed by atoms with Gasteiger partial charge >= 0.3 is 0 Å². The van der Waals surface area contributed by atoms with E-state index in [-0.39, 0.29) is 0 Å². The normalized spacial score (nSPS) is 14.8. The second kappa shape index (κ2) is 5.78. The van der Waals surface area contributed by atoms with Crippen LogP contribution in [0.4, 0.5) is 11.6 Å². The standard InChI is InChI=1S/C13H22N4S/c1-9-11(14)15-12(10-5-6-10)16-13(9)17(2)7-4-8-18-3/h10H,4-8H2,1-3H3,(H2,14,15,16). The van der Waals surface area contributed by atoms with E-state index in [0.717, 1.165) is 23.8 Å². The molecule has 1 aliphatic carbocycles. The van der Waals surface area contributed by atoms with Crippen molar-refractivity contribution in [1.82, 2.24) is 9.97 Å². The summed E-state index contributed by atoms with van der Waals surface area (Å²) in [6, 6.07) is 0. The van der Waals surface area contributed by atoms with Crippen molar-refractivity contribution < 1.29 is 0 Å². The summed E-state index contributed by atoms with van der Waals surface area (Å²) in [6.07, 6.45) is 5.72. The highest BCUT2D eigenvalue weighted by molar-refractivity contribution is 7.98. The third-order valence-corrected chi connectivity index (χ3v) is 4.02. The highest BCUT2D eigenvalue weighted by Crippen LogP contribution is 2.39. The van der Waals surface area contributed by atoms with E-state index in [0.29, 0.717) is 11.7 Å². The van der Waals surface area contributed by atoms with Crippen molar-refractivity contribution >= 4 is 23.4 Å². The van der Waals surface area contributed by atoms with Gasteiger partial charge in [0, 0.05) is 25.1 Å². The zero-order valence-corrected chi connectivity index (χ0v) is 12.3. The van der Waals surface area contributed by atoms with E-state index >= 15 is 0 Å². The second-order valence-corrected chi connectivity index (χ2v) is 5.94. The van der Waals surface area contributed by atoms with Gasteiger partial charge in [-0.25, -0.2) is 9.97 Å². The molecular weight excluding hydrogens is 244 g/mol. The summed E-state index contributed by atoms with van der Waals surface area (Å²) in [5, 5.41) is 0. The first-order chi connectivity index (χ1) is 8.63. The molecule has 100 valence electrons. The number of rotatable bonds is 6. The van der Waals surface area contributed by atoms with Gasteiger partial charge in [-0.05, 0) is 38.2 Å². The van der Waals surface area contributed by atoms with Crippen LogP contribution >= 0.6 is 11.8 Å². The van der Waals surface area contributed by atoms with E-state index in [9.17, 15) is 0 Å². The summed E-state index contributed by atoms with van der Waals surface area (Å²) < 4.78 is 0. The SMILES string of the molecule is CSCCCN(C)c1nc(C2CC2)nc(N)c1C. The zero-order valence-electron chi connectivity index (χ0n) is 11.4. The number of nitrogen functional groups attached to an aromatic ring is 1. The molecule has 0 aromatic carbocycles. The summed E-state index contributed by atoms with van der Waals surface area (Å²) in [7, 11) is 2.09. The lowest BCUT2D eigenvalue weighted by Crippen LogP contribution is -2.22. The van der Waals surface area contributed by atoms with Crippen LogP contribution in [0.25, 0.3) is 0 Å². The molecule has 1 aromatic heterocycles. The molecular formula is C13H22N4S. The molecule has 1 saturated carbocycles. The molecule has 1 fully saturated rings. The lowest BCUT2D eigenvalue weighted by molar-refractivity contribution is 0.819. The maximum atomic E-state index is 6.00. The molecule has 1 aliphatic rings. The van der Waals surface area contributed by atoms with Gasteiger partial charge in [0.2, 0.25) is 0 Å². The van der Waals surface area contributed by atoms with E-state index < -0.39 is 0 Å². The Morgan fingerprint density at radius 3 is 2.72 bits per heavy atom. The summed E-state index contributed by atoms with van der Waals surface area (Å²) >= 11 is 1.88. The first-order valence-corrected chi connectivity index (χ1v) is 7.87. The van der Waals surface area contributed by atoms with E-state index in [1.165, 1.54) is 25.0 Å². The van der Waals surface area contributed by atoms with Crippen LogP contribution in [0.1, 0.15) is 36.6 Å². The molecule has 1 aromatic rings. The molecule has 0 saturated heterocycles. The minimum atomic E-state index is 0.547. The molecule has 1 heterocycles. The fourth-order valence-corrected chi connectivity index (χ4v) is 2.40. The predicted octanol–water partition coefficient (Wildman–Crippen LogP) is 2.43. The zero-order chi connectivity index (χ0) is 13.1. The van der Waals surface area contributed by atoms with Crippen molar-refractivity contribution in [2.75, 3.05) is 36.2 Å². The van der Waals surface area contributed by atoms with Crippen molar-refractivity contribution in [2.24, 2.45) is 0 Å². The van der Waals surface area contributed by atoms with Crippen LogP contribution in [-0.4, -0.2) is 35.6 Å². The minimum Gasteiger partial charge on any atom is -0.383 e. The smallest absolute Gasteiger partial charge is 0.137 e. The van der Waals surface area contributed by atoms with Gasteiger partial charge < -0.3 is 10.6 Å². The number of aromatic nitrogens is 2. The van der Waals surface area contributed by atoms with Crippen molar-refractivity contribution in [3.8, 4) is 0 Å². The summed E-state index contributed by atoms with van der Waals surface area (Å²) in [5.74, 6) is 4.31. The Hall–Kier alpha value is -0.970. The maximum Gasteiger partial charge on any atom is 0.137 e. The average molecular weight is 266 g/mol. The number of thioether (sulfide) groups is 1. The summed E-state index contributed by atoms with van der Waals surface area (Å²) in [5.41, 5.74) is 7.00. The topological polar surface area (TPSA) is 55.0 Å². The Balaban J connectivity index is 2.14. The third-order valence-electron chi connectivity index (χ3n) is 3.32. The molecule has 0 atom stereocenters. The molecule has 0 aliphatic heterocycles. The number of nitrogens with zero attached hydrogens (tertiary/aromatic N) is 3. The van der Waals surface area contributed by atoms with Crippen molar-refractivity contribution in [1.29, 1.82) is 0 Å². The van der Waals surface area contributed by atoms with Gasteiger partial charge in [0.25, 0.3) is 0 Å². The molecule has 0 spiro atoms. The van der Waals surface area contributed by atoms with Crippen LogP contribution < -0.4 is 10.6 Å². The predicted molar refractivity (Wildman–Crippen MR) is 79.4 cm³/mol. The molecule has 0 bridgehead atoms. The molecule has 18 heavy (non-hydrogen) atoms. The Morgan fingerprint density at radius 2 is 2.11 bits per heavy atom. The van der Waals surface area contributed by atoms with Gasteiger partial charge in [0.05, 0.1) is 0 Å². The van der Waals surface area contributed by atoms with Crippen LogP contribution in [0.3, 0.4) is 0 Å². The Kier molecular flexibility index (Phi) is 4.32. The lowest BCUT2D eigenvalue weighted by Gasteiger charge is -2.21. The molecule has 0 unspecified atom stereocenters. The average Bonchev–Trinajstić information content (AvgIpc) is 3.16.